The molecule has 1 atom stereocenters. The van der Waals surface area contributed by atoms with Crippen molar-refractivity contribution in [3.8, 4) is 0 Å². The normalized spacial score (nSPS) is 12.8. The van der Waals surface area contributed by atoms with E-state index in [1.807, 2.05) is 12.1 Å². The van der Waals surface area contributed by atoms with E-state index in [2.05, 4.69) is 4.98 Å². The highest BCUT2D eigenvalue weighted by Gasteiger charge is 1.96. The molecule has 13 heavy (non-hydrogen) atoms. The molecule has 0 spiro atoms. The summed E-state index contributed by atoms with van der Waals surface area (Å²) in [5, 5.41) is 8.96. The summed E-state index contributed by atoms with van der Waals surface area (Å²) in [6.45, 7) is 2.92. The second-order valence-corrected chi connectivity index (χ2v) is 3.05. The Hall–Kier alpha value is -0.930. The molecule has 0 aliphatic rings. The van der Waals surface area contributed by atoms with Crippen molar-refractivity contribution >= 4 is 0 Å². The Morgan fingerprint density at radius 1 is 1.62 bits per heavy atom. The molecule has 0 saturated heterocycles. The summed E-state index contributed by atoms with van der Waals surface area (Å²) in [6.07, 6.45) is 3.91. The topological polar surface area (TPSA) is 42.4 Å². The van der Waals surface area contributed by atoms with Gasteiger partial charge in [-0.1, -0.05) is 6.07 Å². The summed E-state index contributed by atoms with van der Waals surface area (Å²) in [5.74, 6) is 0. The van der Waals surface area contributed by atoms with Gasteiger partial charge in [0.05, 0.1) is 12.7 Å². The summed E-state index contributed by atoms with van der Waals surface area (Å²) < 4.78 is 5.33. The number of aromatic nitrogens is 1. The van der Waals surface area contributed by atoms with Crippen LogP contribution >= 0.6 is 0 Å². The maximum absolute atomic E-state index is 8.96. The summed E-state index contributed by atoms with van der Waals surface area (Å²) in [5.41, 5.74) is 1.06. The molecule has 72 valence electrons. The highest BCUT2D eigenvalue weighted by Crippen LogP contribution is 1.99. The maximum atomic E-state index is 8.96. The van der Waals surface area contributed by atoms with E-state index in [1.165, 1.54) is 0 Å². The van der Waals surface area contributed by atoms with E-state index in [1.54, 1.807) is 19.3 Å². The average Bonchev–Trinajstić information content (AvgIpc) is 2.14. The number of ether oxygens (including phenoxy) is 1. The van der Waals surface area contributed by atoms with Crippen molar-refractivity contribution in [1.82, 2.24) is 4.98 Å². The van der Waals surface area contributed by atoms with Crippen LogP contribution in [0.2, 0.25) is 0 Å². The summed E-state index contributed by atoms with van der Waals surface area (Å²) in [4.78, 5) is 3.97. The Bertz CT molecular complexity index is 224. The minimum absolute atomic E-state index is 0.283. The molecule has 0 bridgehead atoms. The van der Waals surface area contributed by atoms with Crippen LogP contribution in [0.3, 0.4) is 0 Å². The van der Waals surface area contributed by atoms with Crippen LogP contribution in [0.1, 0.15) is 18.9 Å². The maximum Gasteiger partial charge on any atom is 0.0731 e. The van der Waals surface area contributed by atoms with Gasteiger partial charge in [-0.25, -0.2) is 0 Å². The first-order valence-electron chi connectivity index (χ1n) is 4.44. The van der Waals surface area contributed by atoms with E-state index in [-0.39, 0.29) is 6.10 Å². The highest BCUT2D eigenvalue weighted by atomic mass is 16.5. The molecule has 1 N–H and O–H groups in total. The molecule has 1 rings (SSSR count). The van der Waals surface area contributed by atoms with E-state index in [0.29, 0.717) is 19.6 Å². The zero-order valence-corrected chi connectivity index (χ0v) is 7.81. The average molecular weight is 181 g/mol. The fourth-order valence-electron chi connectivity index (χ4n) is 0.927. The summed E-state index contributed by atoms with van der Waals surface area (Å²) in [7, 11) is 0. The van der Waals surface area contributed by atoms with Crippen LogP contribution in [0.5, 0.6) is 0 Å². The predicted octanol–water partition coefficient (Wildman–Crippen LogP) is 1.37. The quantitative estimate of drug-likeness (QED) is 0.697. The van der Waals surface area contributed by atoms with Crippen LogP contribution < -0.4 is 0 Å². The van der Waals surface area contributed by atoms with Crippen molar-refractivity contribution in [3.63, 3.8) is 0 Å². The van der Waals surface area contributed by atoms with E-state index in [4.69, 9.17) is 9.84 Å². The Morgan fingerprint density at radius 2 is 2.46 bits per heavy atom. The van der Waals surface area contributed by atoms with Gasteiger partial charge >= 0.3 is 0 Å². The van der Waals surface area contributed by atoms with Gasteiger partial charge in [-0.2, -0.15) is 0 Å². The molecule has 1 aromatic heterocycles. The van der Waals surface area contributed by atoms with Gasteiger partial charge in [-0.3, -0.25) is 4.98 Å². The molecule has 1 heterocycles. The van der Waals surface area contributed by atoms with E-state index >= 15 is 0 Å². The fraction of sp³-hybridized carbons (Fsp3) is 0.500. The Balaban J connectivity index is 2.13. The Morgan fingerprint density at radius 3 is 3.08 bits per heavy atom. The van der Waals surface area contributed by atoms with Gasteiger partial charge in [0.25, 0.3) is 0 Å². The lowest BCUT2D eigenvalue weighted by Gasteiger charge is -2.05. The molecule has 0 fully saturated rings. The molecule has 0 radical (unpaired) electrons. The Kier molecular flexibility index (Phi) is 4.43. The number of nitrogens with zero attached hydrogens (tertiary/aromatic N) is 1. The third-order valence-corrected chi connectivity index (χ3v) is 1.67. The van der Waals surface area contributed by atoms with Crippen LogP contribution in [-0.2, 0) is 11.3 Å². The number of hydrogen-bond donors (Lipinski definition) is 1. The van der Waals surface area contributed by atoms with Crippen LogP contribution in [-0.4, -0.2) is 22.8 Å². The van der Waals surface area contributed by atoms with Crippen LogP contribution in [0.15, 0.2) is 24.5 Å². The summed E-state index contributed by atoms with van der Waals surface area (Å²) in [6, 6.07) is 3.85. The van der Waals surface area contributed by atoms with Crippen molar-refractivity contribution in [2.75, 3.05) is 6.61 Å². The van der Waals surface area contributed by atoms with E-state index < -0.39 is 0 Å². The van der Waals surface area contributed by atoms with Gasteiger partial charge in [-0.05, 0) is 25.0 Å². The van der Waals surface area contributed by atoms with Crippen molar-refractivity contribution in [2.24, 2.45) is 0 Å². The predicted molar refractivity (Wildman–Crippen MR) is 50.2 cm³/mol. The van der Waals surface area contributed by atoms with Gasteiger partial charge < -0.3 is 9.84 Å². The fourth-order valence-corrected chi connectivity index (χ4v) is 0.927. The zero-order chi connectivity index (χ0) is 9.52. The van der Waals surface area contributed by atoms with Crippen molar-refractivity contribution < 1.29 is 9.84 Å². The Labute approximate surface area is 78.4 Å². The molecule has 3 heteroatoms. The SMILES string of the molecule is CC(O)CCOCc1cccnc1. The number of hydrogen-bond acceptors (Lipinski definition) is 3. The molecule has 3 nitrogen and oxygen atoms in total. The van der Waals surface area contributed by atoms with Gasteiger partial charge in [0.2, 0.25) is 0 Å². The molecule has 1 unspecified atom stereocenters. The van der Waals surface area contributed by atoms with Gasteiger partial charge in [-0.15, -0.1) is 0 Å². The van der Waals surface area contributed by atoms with Crippen LogP contribution in [0.4, 0.5) is 0 Å². The lowest BCUT2D eigenvalue weighted by molar-refractivity contribution is 0.0800. The van der Waals surface area contributed by atoms with Crippen molar-refractivity contribution in [1.29, 1.82) is 0 Å². The number of pyridine rings is 1. The van der Waals surface area contributed by atoms with Crippen molar-refractivity contribution in [3.05, 3.63) is 30.1 Å². The monoisotopic (exact) mass is 181 g/mol. The second kappa shape index (κ2) is 5.67. The first-order valence-corrected chi connectivity index (χ1v) is 4.44. The first-order chi connectivity index (χ1) is 6.29. The summed E-state index contributed by atoms with van der Waals surface area (Å²) >= 11 is 0. The minimum Gasteiger partial charge on any atom is -0.393 e. The molecule has 0 saturated carbocycles. The number of rotatable bonds is 5. The molecule has 1 aromatic rings. The lowest BCUT2D eigenvalue weighted by Crippen LogP contribution is -2.05. The third kappa shape index (κ3) is 4.60. The van der Waals surface area contributed by atoms with Crippen LogP contribution in [0.25, 0.3) is 0 Å². The van der Waals surface area contributed by atoms with Gasteiger partial charge in [0.1, 0.15) is 0 Å². The van der Waals surface area contributed by atoms with Crippen LogP contribution in [0, 0.1) is 0 Å². The van der Waals surface area contributed by atoms with Crippen molar-refractivity contribution in [2.45, 2.75) is 26.1 Å². The standard InChI is InChI=1S/C10H15NO2/c1-9(12)4-6-13-8-10-3-2-5-11-7-10/h2-3,5,7,9,12H,4,6,8H2,1H3. The highest BCUT2D eigenvalue weighted by molar-refractivity contribution is 5.06. The van der Waals surface area contributed by atoms with Gasteiger partial charge in [0, 0.05) is 19.0 Å². The molecular formula is C10H15NO2. The largest absolute Gasteiger partial charge is 0.393 e. The smallest absolute Gasteiger partial charge is 0.0731 e. The number of aliphatic hydroxyl groups excluding tert-OH is 1. The lowest BCUT2D eigenvalue weighted by atomic mass is 10.3. The van der Waals surface area contributed by atoms with E-state index in [9.17, 15) is 0 Å². The zero-order valence-electron chi connectivity index (χ0n) is 7.81. The van der Waals surface area contributed by atoms with Gasteiger partial charge in [0.15, 0.2) is 0 Å². The molecule has 0 aliphatic heterocycles. The molecule has 0 aliphatic carbocycles. The molecule has 0 amide bonds. The molecule has 0 aromatic carbocycles. The number of aliphatic hydroxyl groups is 1. The molecular weight excluding hydrogens is 166 g/mol. The third-order valence-electron chi connectivity index (χ3n) is 1.67. The minimum atomic E-state index is -0.283. The first kappa shape index (κ1) is 10.2. The van der Waals surface area contributed by atoms with E-state index in [0.717, 1.165) is 5.56 Å². The second-order valence-electron chi connectivity index (χ2n) is 3.05.